The van der Waals surface area contributed by atoms with Crippen molar-refractivity contribution in [2.75, 3.05) is 0 Å². The van der Waals surface area contributed by atoms with Gasteiger partial charge in [-0.1, -0.05) is 0 Å². The predicted octanol–water partition coefficient (Wildman–Crippen LogP) is -0.548. The fraction of sp³-hybridized carbons (Fsp3) is 0. The van der Waals surface area contributed by atoms with Crippen molar-refractivity contribution in [1.82, 2.24) is 30.2 Å². The molecule has 0 bridgehead atoms. The second kappa shape index (κ2) is 2.41. The van der Waals surface area contributed by atoms with Crippen LogP contribution in [0.4, 0.5) is 0 Å². The van der Waals surface area contributed by atoms with E-state index in [0.717, 1.165) is 0 Å². The number of hydrogen-bond acceptors (Lipinski definition) is 5. The fourth-order valence-electron chi connectivity index (χ4n) is 0.705. The lowest BCUT2D eigenvalue weighted by Crippen LogP contribution is -1.99. The third kappa shape index (κ3) is 1.05. The van der Waals surface area contributed by atoms with Crippen molar-refractivity contribution < 1.29 is 0 Å². The van der Waals surface area contributed by atoms with Gasteiger partial charge in [-0.25, -0.2) is 4.98 Å². The highest BCUT2D eigenvalue weighted by Gasteiger charge is 1.94. The summed E-state index contributed by atoms with van der Waals surface area (Å²) in [6.07, 6.45) is 6.54. The molecule has 0 fully saturated rings. The van der Waals surface area contributed by atoms with Crippen molar-refractivity contribution >= 4 is 0 Å². The third-order valence-electron chi connectivity index (χ3n) is 1.18. The van der Waals surface area contributed by atoms with Crippen LogP contribution in [0.15, 0.2) is 24.9 Å². The molecule has 0 radical (unpaired) electrons. The summed E-state index contributed by atoms with van der Waals surface area (Å²) < 4.78 is 1.70. The summed E-state index contributed by atoms with van der Waals surface area (Å²) in [7, 11) is 0. The molecule has 0 N–H and O–H groups in total. The van der Waals surface area contributed by atoms with E-state index in [2.05, 4.69) is 25.6 Å². The lowest BCUT2D eigenvalue weighted by molar-refractivity contribution is 0.734. The van der Waals surface area contributed by atoms with Gasteiger partial charge in [0.1, 0.15) is 6.33 Å². The van der Waals surface area contributed by atoms with Crippen LogP contribution in [0, 0.1) is 0 Å². The summed E-state index contributed by atoms with van der Waals surface area (Å²) in [4.78, 5) is 3.85. The van der Waals surface area contributed by atoms with Crippen molar-refractivity contribution in [2.45, 2.75) is 0 Å². The third-order valence-corrected chi connectivity index (χ3v) is 1.18. The topological polar surface area (TPSA) is 69.4 Å². The molecule has 6 heteroatoms. The zero-order chi connectivity index (χ0) is 7.52. The average molecular weight is 148 g/mol. The van der Waals surface area contributed by atoms with Crippen molar-refractivity contribution in [3.05, 3.63) is 24.9 Å². The molecule has 2 rings (SSSR count). The van der Waals surface area contributed by atoms with Crippen LogP contribution in [-0.4, -0.2) is 30.2 Å². The fourth-order valence-corrected chi connectivity index (χ4v) is 0.705. The van der Waals surface area contributed by atoms with Crippen molar-refractivity contribution in [3.8, 4) is 5.82 Å². The van der Waals surface area contributed by atoms with Gasteiger partial charge in [-0.3, -0.25) is 4.57 Å². The molecule has 0 spiro atoms. The van der Waals surface area contributed by atoms with Gasteiger partial charge in [0.2, 0.25) is 0 Å². The van der Waals surface area contributed by atoms with Gasteiger partial charge in [0, 0.05) is 12.4 Å². The first-order valence-electron chi connectivity index (χ1n) is 2.96. The molecule has 0 saturated heterocycles. The van der Waals surface area contributed by atoms with Crippen LogP contribution >= 0.6 is 0 Å². The molecule has 0 saturated carbocycles. The van der Waals surface area contributed by atoms with Gasteiger partial charge in [0.05, 0.1) is 6.20 Å². The minimum Gasteiger partial charge on any atom is -0.288 e. The minimum absolute atomic E-state index is 0.609. The first-order valence-corrected chi connectivity index (χ1v) is 2.96. The van der Waals surface area contributed by atoms with E-state index in [9.17, 15) is 0 Å². The van der Waals surface area contributed by atoms with Gasteiger partial charge >= 0.3 is 0 Å². The quantitative estimate of drug-likeness (QED) is 0.542. The highest BCUT2D eigenvalue weighted by atomic mass is 15.4. The van der Waals surface area contributed by atoms with Gasteiger partial charge in [0.25, 0.3) is 0 Å². The zero-order valence-corrected chi connectivity index (χ0v) is 5.49. The Bertz CT molecular complexity index is 314. The summed E-state index contributed by atoms with van der Waals surface area (Å²) >= 11 is 0. The van der Waals surface area contributed by atoms with Gasteiger partial charge < -0.3 is 0 Å². The summed E-state index contributed by atoms with van der Waals surface area (Å²) in [5.41, 5.74) is 0. The van der Waals surface area contributed by atoms with E-state index >= 15 is 0 Å². The Morgan fingerprint density at radius 1 is 1.27 bits per heavy atom. The van der Waals surface area contributed by atoms with E-state index in [1.807, 2.05) is 0 Å². The van der Waals surface area contributed by atoms with E-state index < -0.39 is 0 Å². The maximum Gasteiger partial charge on any atom is 0.182 e. The van der Waals surface area contributed by atoms with E-state index in [0.29, 0.717) is 5.82 Å². The minimum atomic E-state index is 0.609. The molecule has 2 heterocycles. The summed E-state index contributed by atoms with van der Waals surface area (Å²) in [6, 6.07) is 0. The van der Waals surface area contributed by atoms with E-state index in [1.54, 1.807) is 23.3 Å². The van der Waals surface area contributed by atoms with Gasteiger partial charge in [-0.15, -0.1) is 10.2 Å². The number of aromatic nitrogens is 6. The van der Waals surface area contributed by atoms with Crippen LogP contribution in [0.1, 0.15) is 0 Å². The standard InChI is InChI=1S/C5H4N6/c1-2-11(4-6-1)5-3-7-9-10-8-5/h1-4H. The molecule has 2 aromatic rings. The Balaban J connectivity index is 2.46. The molecule has 0 amide bonds. The van der Waals surface area contributed by atoms with Crippen LogP contribution in [0.25, 0.3) is 5.82 Å². The number of hydrogen-bond donors (Lipinski definition) is 0. The summed E-state index contributed by atoms with van der Waals surface area (Å²) in [5.74, 6) is 0.609. The lowest BCUT2D eigenvalue weighted by Gasteiger charge is -1.93. The smallest absolute Gasteiger partial charge is 0.182 e. The molecule has 0 aliphatic carbocycles. The highest BCUT2D eigenvalue weighted by Crippen LogP contribution is 1.95. The Labute approximate surface area is 61.9 Å². The molecular formula is C5H4N6. The van der Waals surface area contributed by atoms with Crippen LogP contribution in [0.2, 0.25) is 0 Å². The Morgan fingerprint density at radius 2 is 2.27 bits per heavy atom. The molecule has 6 nitrogen and oxygen atoms in total. The largest absolute Gasteiger partial charge is 0.288 e. The molecule has 2 aromatic heterocycles. The van der Waals surface area contributed by atoms with E-state index in [-0.39, 0.29) is 0 Å². The molecule has 54 valence electrons. The maximum atomic E-state index is 3.85. The van der Waals surface area contributed by atoms with E-state index in [1.165, 1.54) is 6.20 Å². The first kappa shape index (κ1) is 5.90. The molecule has 0 atom stereocenters. The summed E-state index contributed by atoms with van der Waals surface area (Å²) in [5, 5.41) is 14.0. The van der Waals surface area contributed by atoms with Crippen LogP contribution < -0.4 is 0 Å². The second-order valence-corrected chi connectivity index (χ2v) is 1.85. The number of imidazole rings is 1. The van der Waals surface area contributed by atoms with Crippen LogP contribution in [0.5, 0.6) is 0 Å². The monoisotopic (exact) mass is 148 g/mol. The first-order chi connectivity index (χ1) is 5.47. The summed E-state index contributed by atoms with van der Waals surface area (Å²) in [6.45, 7) is 0. The van der Waals surface area contributed by atoms with Crippen molar-refractivity contribution in [2.24, 2.45) is 0 Å². The molecule has 0 unspecified atom stereocenters. The Kier molecular flexibility index (Phi) is 1.29. The normalized spacial score (nSPS) is 9.82. The SMILES string of the molecule is c1cn(-c2cnnnn2)cn1. The van der Waals surface area contributed by atoms with Crippen molar-refractivity contribution in [1.29, 1.82) is 0 Å². The molecule has 0 aliphatic heterocycles. The number of nitrogens with zero attached hydrogens (tertiary/aromatic N) is 6. The predicted molar refractivity (Wildman–Crippen MR) is 34.7 cm³/mol. The molecule has 0 aromatic carbocycles. The van der Waals surface area contributed by atoms with Crippen LogP contribution in [-0.2, 0) is 0 Å². The zero-order valence-electron chi connectivity index (χ0n) is 5.49. The average Bonchev–Trinajstić information content (AvgIpc) is 2.58. The molecule has 0 aliphatic rings. The Morgan fingerprint density at radius 3 is 2.91 bits per heavy atom. The van der Waals surface area contributed by atoms with Gasteiger partial charge in [0.15, 0.2) is 5.82 Å². The van der Waals surface area contributed by atoms with Gasteiger partial charge in [-0.2, -0.15) is 0 Å². The lowest BCUT2D eigenvalue weighted by atomic mass is 10.7. The maximum absolute atomic E-state index is 3.85. The highest BCUT2D eigenvalue weighted by molar-refractivity contribution is 5.13. The Hall–Kier alpha value is -1.85. The van der Waals surface area contributed by atoms with Gasteiger partial charge in [-0.05, 0) is 10.4 Å². The van der Waals surface area contributed by atoms with E-state index in [4.69, 9.17) is 0 Å². The second-order valence-electron chi connectivity index (χ2n) is 1.85. The van der Waals surface area contributed by atoms with Crippen LogP contribution in [0.3, 0.4) is 0 Å². The molecular weight excluding hydrogens is 144 g/mol. The number of rotatable bonds is 1. The molecule has 11 heavy (non-hydrogen) atoms. The van der Waals surface area contributed by atoms with Crippen molar-refractivity contribution in [3.63, 3.8) is 0 Å².